The normalized spacial score (nSPS) is 25.3. The molecule has 2 N–H and O–H groups in total. The van der Waals surface area contributed by atoms with Crippen molar-refractivity contribution in [1.82, 2.24) is 10.2 Å². The van der Waals surface area contributed by atoms with E-state index < -0.39 is 6.10 Å². The summed E-state index contributed by atoms with van der Waals surface area (Å²) >= 11 is 1.57. The minimum Gasteiger partial charge on any atom is -0.387 e. The highest BCUT2D eigenvalue weighted by Gasteiger charge is 2.35. The molecular formula is C22H28N2O2S. The van der Waals surface area contributed by atoms with Gasteiger partial charge >= 0.3 is 0 Å². The average molecular weight is 385 g/mol. The molecule has 0 radical (unpaired) electrons. The Morgan fingerprint density at radius 2 is 1.93 bits per heavy atom. The number of fused-ring (bicyclic) bond motifs is 2. The van der Waals surface area contributed by atoms with Crippen molar-refractivity contribution >= 4 is 17.2 Å². The number of hydrogen-bond donors (Lipinski definition) is 2. The molecule has 4 nitrogen and oxygen atoms in total. The Morgan fingerprint density at radius 1 is 1.19 bits per heavy atom. The monoisotopic (exact) mass is 384 g/mol. The molecule has 1 aromatic carbocycles. The van der Waals surface area contributed by atoms with Gasteiger partial charge in [0.15, 0.2) is 0 Å². The smallest absolute Gasteiger partial charge is 0.223 e. The van der Waals surface area contributed by atoms with Gasteiger partial charge in [-0.05, 0) is 59.6 Å². The summed E-state index contributed by atoms with van der Waals surface area (Å²) in [5.74, 6) is 0.632. The van der Waals surface area contributed by atoms with Gasteiger partial charge in [-0.15, -0.1) is 0 Å². The molecule has 2 saturated heterocycles. The molecule has 5 heteroatoms. The summed E-state index contributed by atoms with van der Waals surface area (Å²) in [6.45, 7) is 0.904. The first-order chi connectivity index (χ1) is 13.2. The SMILES string of the molecule is O=C(CC1CC2CCC(C1)N2)N(Cc1ccccc1)CC(O)c1ccsc1. The molecule has 2 bridgehead atoms. The minimum atomic E-state index is -0.631. The van der Waals surface area contributed by atoms with Crippen LogP contribution in [0.4, 0.5) is 0 Å². The lowest BCUT2D eigenvalue weighted by Crippen LogP contribution is -2.41. The molecule has 1 aromatic heterocycles. The highest BCUT2D eigenvalue weighted by Crippen LogP contribution is 2.33. The number of aliphatic hydroxyl groups is 1. The fraction of sp³-hybridized carbons (Fsp3) is 0.500. The fourth-order valence-corrected chi connectivity index (χ4v) is 5.26. The summed E-state index contributed by atoms with van der Waals surface area (Å²) in [6, 6.07) is 13.2. The Balaban J connectivity index is 1.43. The maximum atomic E-state index is 13.2. The Bertz CT molecular complexity index is 722. The van der Waals surface area contributed by atoms with Crippen molar-refractivity contribution in [3.05, 3.63) is 58.3 Å². The van der Waals surface area contributed by atoms with E-state index >= 15 is 0 Å². The van der Waals surface area contributed by atoms with Crippen LogP contribution in [0.25, 0.3) is 0 Å². The van der Waals surface area contributed by atoms with Crippen molar-refractivity contribution in [2.45, 2.75) is 56.8 Å². The average Bonchev–Trinajstić information content (AvgIpc) is 3.32. The Labute approximate surface area is 165 Å². The van der Waals surface area contributed by atoms with Gasteiger partial charge in [-0.25, -0.2) is 0 Å². The molecule has 3 heterocycles. The van der Waals surface area contributed by atoms with Gasteiger partial charge in [0.05, 0.1) is 12.6 Å². The van der Waals surface area contributed by atoms with Gasteiger partial charge in [-0.3, -0.25) is 4.79 Å². The number of thiophene rings is 1. The molecule has 0 spiro atoms. The van der Waals surface area contributed by atoms with Crippen LogP contribution in [0.2, 0.25) is 0 Å². The highest BCUT2D eigenvalue weighted by molar-refractivity contribution is 7.07. The summed E-state index contributed by atoms with van der Waals surface area (Å²) < 4.78 is 0. The lowest BCUT2D eigenvalue weighted by Gasteiger charge is -2.31. The van der Waals surface area contributed by atoms with Crippen LogP contribution in [0.1, 0.15) is 49.3 Å². The van der Waals surface area contributed by atoms with Gasteiger partial charge in [0.25, 0.3) is 0 Å². The Morgan fingerprint density at radius 3 is 2.59 bits per heavy atom. The third kappa shape index (κ3) is 4.78. The van der Waals surface area contributed by atoms with Gasteiger partial charge in [0.2, 0.25) is 5.91 Å². The number of carbonyl (C=O) groups is 1. The number of benzene rings is 1. The zero-order valence-corrected chi connectivity index (χ0v) is 16.4. The second-order valence-corrected chi connectivity index (χ2v) is 8.79. The van der Waals surface area contributed by atoms with Crippen LogP contribution in [-0.2, 0) is 11.3 Å². The molecule has 2 aliphatic rings. The van der Waals surface area contributed by atoms with Crippen molar-refractivity contribution in [2.75, 3.05) is 6.54 Å². The van der Waals surface area contributed by atoms with Crippen LogP contribution < -0.4 is 5.32 Å². The second-order valence-electron chi connectivity index (χ2n) is 8.01. The number of nitrogens with one attached hydrogen (secondary N) is 1. The topological polar surface area (TPSA) is 52.6 Å². The molecule has 3 atom stereocenters. The summed E-state index contributed by atoms with van der Waals surface area (Å²) in [7, 11) is 0. The molecule has 144 valence electrons. The molecule has 2 aromatic rings. The lowest BCUT2D eigenvalue weighted by atomic mass is 9.89. The third-order valence-corrected chi connectivity index (χ3v) is 6.63. The van der Waals surface area contributed by atoms with Crippen molar-refractivity contribution in [1.29, 1.82) is 0 Å². The van der Waals surface area contributed by atoms with Crippen LogP contribution in [0.15, 0.2) is 47.2 Å². The van der Waals surface area contributed by atoms with Crippen LogP contribution in [-0.4, -0.2) is 34.5 Å². The molecule has 0 aliphatic carbocycles. The van der Waals surface area contributed by atoms with Gasteiger partial charge in [-0.1, -0.05) is 30.3 Å². The van der Waals surface area contributed by atoms with Crippen molar-refractivity contribution in [3.8, 4) is 0 Å². The second kappa shape index (κ2) is 8.55. The van der Waals surface area contributed by atoms with Crippen LogP contribution in [0.5, 0.6) is 0 Å². The van der Waals surface area contributed by atoms with Gasteiger partial charge < -0.3 is 15.3 Å². The standard InChI is InChI=1S/C22H28N2O2S/c25-21(18-8-9-27-15-18)14-24(13-16-4-2-1-3-5-16)22(26)12-17-10-19-6-7-20(11-17)23-19/h1-5,8-9,15,17,19-21,23,25H,6-7,10-14H2. The van der Waals surface area contributed by atoms with Gasteiger partial charge in [0, 0.05) is 25.0 Å². The van der Waals surface area contributed by atoms with E-state index in [1.54, 1.807) is 11.3 Å². The predicted molar refractivity (Wildman–Crippen MR) is 108 cm³/mol. The van der Waals surface area contributed by atoms with E-state index in [0.29, 0.717) is 37.5 Å². The summed E-state index contributed by atoms with van der Waals surface area (Å²) in [4.78, 5) is 15.0. The van der Waals surface area contributed by atoms with Crippen LogP contribution >= 0.6 is 11.3 Å². The zero-order valence-electron chi connectivity index (χ0n) is 15.6. The number of hydrogen-bond acceptors (Lipinski definition) is 4. The third-order valence-electron chi connectivity index (χ3n) is 5.92. The summed E-state index contributed by atoms with van der Waals surface area (Å²) in [6.07, 6.45) is 4.67. The summed E-state index contributed by atoms with van der Waals surface area (Å²) in [5.41, 5.74) is 2.00. The Kier molecular flexibility index (Phi) is 5.91. The molecule has 3 unspecified atom stereocenters. The highest BCUT2D eigenvalue weighted by atomic mass is 32.1. The fourth-order valence-electron chi connectivity index (χ4n) is 4.55. The van der Waals surface area contributed by atoms with E-state index in [4.69, 9.17) is 0 Å². The molecule has 1 amide bonds. The molecule has 27 heavy (non-hydrogen) atoms. The van der Waals surface area contributed by atoms with E-state index in [1.165, 1.54) is 12.8 Å². The van der Waals surface area contributed by atoms with Crippen molar-refractivity contribution in [3.63, 3.8) is 0 Å². The maximum Gasteiger partial charge on any atom is 0.223 e. The zero-order chi connectivity index (χ0) is 18.6. The van der Waals surface area contributed by atoms with Crippen LogP contribution in [0, 0.1) is 5.92 Å². The van der Waals surface area contributed by atoms with E-state index in [9.17, 15) is 9.90 Å². The van der Waals surface area contributed by atoms with E-state index in [1.807, 2.05) is 52.1 Å². The van der Waals surface area contributed by atoms with E-state index in [-0.39, 0.29) is 5.91 Å². The number of aliphatic hydroxyl groups excluding tert-OH is 1. The quantitative estimate of drug-likeness (QED) is 0.765. The lowest BCUT2D eigenvalue weighted by molar-refractivity contribution is -0.134. The van der Waals surface area contributed by atoms with Crippen LogP contribution in [0.3, 0.4) is 0 Å². The Hall–Kier alpha value is -1.69. The molecule has 0 saturated carbocycles. The van der Waals surface area contributed by atoms with Crippen molar-refractivity contribution in [2.24, 2.45) is 5.92 Å². The number of piperidine rings is 1. The predicted octanol–water partition coefficient (Wildman–Crippen LogP) is 3.73. The number of nitrogens with zero attached hydrogens (tertiary/aromatic N) is 1. The largest absolute Gasteiger partial charge is 0.387 e. The first-order valence-corrected chi connectivity index (χ1v) is 10.9. The van der Waals surface area contributed by atoms with Gasteiger partial charge in [0.1, 0.15) is 0 Å². The molecule has 2 aliphatic heterocycles. The maximum absolute atomic E-state index is 13.2. The first-order valence-electron chi connectivity index (χ1n) is 9.95. The van der Waals surface area contributed by atoms with E-state index in [2.05, 4.69) is 5.32 Å². The van der Waals surface area contributed by atoms with Crippen molar-refractivity contribution < 1.29 is 9.90 Å². The molecule has 2 fully saturated rings. The van der Waals surface area contributed by atoms with E-state index in [0.717, 1.165) is 24.0 Å². The molecule has 4 rings (SSSR count). The molecular weight excluding hydrogens is 356 g/mol. The van der Waals surface area contributed by atoms with Gasteiger partial charge in [-0.2, -0.15) is 11.3 Å². The minimum absolute atomic E-state index is 0.166. The summed E-state index contributed by atoms with van der Waals surface area (Å²) in [5, 5.41) is 18.2. The first kappa shape index (κ1) is 18.7. The number of rotatable bonds is 7. The number of amides is 1. The number of carbonyl (C=O) groups excluding carboxylic acids is 1.